The lowest BCUT2D eigenvalue weighted by Crippen LogP contribution is -2.34. The van der Waals surface area contributed by atoms with Crippen LogP contribution in [0, 0.1) is 0 Å². The molecule has 8 heteroatoms. The van der Waals surface area contributed by atoms with Crippen molar-refractivity contribution >= 4 is 23.6 Å². The minimum atomic E-state index is -4.44. The van der Waals surface area contributed by atoms with Gasteiger partial charge in [-0.3, -0.25) is 9.59 Å². The molecule has 0 aliphatic carbocycles. The summed E-state index contributed by atoms with van der Waals surface area (Å²) in [5.41, 5.74) is 1.78. The van der Waals surface area contributed by atoms with Gasteiger partial charge >= 0.3 is 6.18 Å². The van der Waals surface area contributed by atoms with Crippen molar-refractivity contribution in [2.45, 2.75) is 12.6 Å². The molecule has 0 spiro atoms. The summed E-state index contributed by atoms with van der Waals surface area (Å²) in [4.78, 5) is 23.2. The van der Waals surface area contributed by atoms with Gasteiger partial charge in [-0.15, -0.1) is 0 Å². The standard InChI is InChI=1S/C17H15F3N2O3/c18-17(19,20)11-21-16(24)9-12-1-4-14(5-2-12)22-15(23)6-3-13-7-8-25-10-13/h1-8,10H,9,11H2,(H,21,24)(H,22,23)/b6-3+. The lowest BCUT2D eigenvalue weighted by atomic mass is 10.1. The molecule has 0 fully saturated rings. The highest BCUT2D eigenvalue weighted by molar-refractivity contribution is 6.01. The average molecular weight is 352 g/mol. The van der Waals surface area contributed by atoms with E-state index in [0.717, 1.165) is 5.56 Å². The smallest absolute Gasteiger partial charge is 0.405 e. The molecule has 2 N–H and O–H groups in total. The van der Waals surface area contributed by atoms with Crippen LogP contribution in [0.2, 0.25) is 0 Å². The van der Waals surface area contributed by atoms with Crippen LogP contribution in [0.1, 0.15) is 11.1 Å². The van der Waals surface area contributed by atoms with Gasteiger partial charge in [-0.25, -0.2) is 0 Å². The van der Waals surface area contributed by atoms with Crippen molar-refractivity contribution in [1.82, 2.24) is 5.32 Å². The van der Waals surface area contributed by atoms with E-state index in [9.17, 15) is 22.8 Å². The van der Waals surface area contributed by atoms with E-state index in [1.807, 2.05) is 0 Å². The van der Waals surface area contributed by atoms with Gasteiger partial charge in [0.05, 0.1) is 18.9 Å². The third-order valence-electron chi connectivity index (χ3n) is 3.04. The summed E-state index contributed by atoms with van der Waals surface area (Å²) in [6, 6.07) is 7.94. The molecule has 0 radical (unpaired) electrons. The molecule has 2 amide bonds. The minimum absolute atomic E-state index is 0.176. The van der Waals surface area contributed by atoms with Gasteiger partial charge in [-0.2, -0.15) is 13.2 Å². The molecule has 0 saturated carbocycles. The molecule has 0 atom stereocenters. The van der Waals surface area contributed by atoms with Crippen LogP contribution in [0.3, 0.4) is 0 Å². The van der Waals surface area contributed by atoms with Crippen molar-refractivity contribution in [3.63, 3.8) is 0 Å². The number of hydrogen-bond acceptors (Lipinski definition) is 3. The Morgan fingerprint density at radius 1 is 1.12 bits per heavy atom. The van der Waals surface area contributed by atoms with Gasteiger partial charge in [0.2, 0.25) is 11.8 Å². The average Bonchev–Trinajstić information content (AvgIpc) is 3.06. The highest BCUT2D eigenvalue weighted by Gasteiger charge is 2.27. The van der Waals surface area contributed by atoms with E-state index >= 15 is 0 Å². The van der Waals surface area contributed by atoms with Crippen LogP contribution in [0.25, 0.3) is 6.08 Å². The second-order valence-corrected chi connectivity index (χ2v) is 5.14. The number of halogens is 3. The Labute approximate surface area is 141 Å². The van der Waals surface area contributed by atoms with Crippen molar-refractivity contribution in [3.8, 4) is 0 Å². The molecular weight excluding hydrogens is 337 g/mol. The van der Waals surface area contributed by atoms with Crippen LogP contribution in [-0.4, -0.2) is 24.5 Å². The van der Waals surface area contributed by atoms with E-state index in [1.54, 1.807) is 41.7 Å². The summed E-state index contributed by atoms with van der Waals surface area (Å²) >= 11 is 0. The zero-order chi connectivity index (χ0) is 18.3. The summed E-state index contributed by atoms with van der Waals surface area (Å²) < 4.78 is 40.9. The Bertz CT molecular complexity index is 735. The number of alkyl halides is 3. The number of anilines is 1. The minimum Gasteiger partial charge on any atom is -0.472 e. The van der Waals surface area contributed by atoms with E-state index in [4.69, 9.17) is 4.42 Å². The van der Waals surface area contributed by atoms with Crippen LogP contribution in [0.15, 0.2) is 53.4 Å². The molecular formula is C17H15F3N2O3. The van der Waals surface area contributed by atoms with Crippen molar-refractivity contribution in [1.29, 1.82) is 0 Å². The van der Waals surface area contributed by atoms with Crippen molar-refractivity contribution in [2.24, 2.45) is 0 Å². The zero-order valence-electron chi connectivity index (χ0n) is 13.0. The number of rotatable bonds is 6. The molecule has 0 saturated heterocycles. The number of nitrogens with one attached hydrogen (secondary N) is 2. The van der Waals surface area contributed by atoms with E-state index in [2.05, 4.69) is 5.32 Å². The maximum absolute atomic E-state index is 12.0. The number of furan rings is 1. The molecule has 2 rings (SSSR count). The second kappa shape index (κ2) is 8.18. The van der Waals surface area contributed by atoms with Gasteiger partial charge in [0.15, 0.2) is 0 Å². The molecule has 0 aliphatic rings. The monoisotopic (exact) mass is 352 g/mol. The summed E-state index contributed by atoms with van der Waals surface area (Å²) in [5, 5.41) is 4.42. The van der Waals surface area contributed by atoms with E-state index in [1.165, 1.54) is 18.6 Å². The van der Waals surface area contributed by atoms with E-state index < -0.39 is 18.6 Å². The van der Waals surface area contributed by atoms with Crippen molar-refractivity contribution in [2.75, 3.05) is 11.9 Å². The van der Waals surface area contributed by atoms with E-state index in [0.29, 0.717) is 11.3 Å². The largest absolute Gasteiger partial charge is 0.472 e. The molecule has 0 aliphatic heterocycles. The normalized spacial score (nSPS) is 11.5. The van der Waals surface area contributed by atoms with Gasteiger partial charge in [-0.1, -0.05) is 12.1 Å². The topological polar surface area (TPSA) is 71.3 Å². The fourth-order valence-corrected chi connectivity index (χ4v) is 1.88. The Hall–Kier alpha value is -3.03. The lowest BCUT2D eigenvalue weighted by molar-refractivity contribution is -0.138. The Morgan fingerprint density at radius 3 is 2.44 bits per heavy atom. The predicted octanol–water partition coefficient (Wildman–Crippen LogP) is 3.15. The van der Waals surface area contributed by atoms with Gasteiger partial charge < -0.3 is 15.1 Å². The van der Waals surface area contributed by atoms with Crippen molar-refractivity contribution in [3.05, 3.63) is 60.1 Å². The summed E-state index contributed by atoms with van der Waals surface area (Å²) in [5.74, 6) is -1.07. The Balaban J connectivity index is 1.83. The van der Waals surface area contributed by atoms with Crippen LogP contribution in [0.4, 0.5) is 18.9 Å². The maximum atomic E-state index is 12.0. The number of carbonyl (C=O) groups excluding carboxylic acids is 2. The second-order valence-electron chi connectivity index (χ2n) is 5.14. The first kappa shape index (κ1) is 18.3. The molecule has 1 heterocycles. The third-order valence-corrected chi connectivity index (χ3v) is 3.04. The Kier molecular flexibility index (Phi) is 5.99. The first-order valence-electron chi connectivity index (χ1n) is 7.25. The molecule has 25 heavy (non-hydrogen) atoms. The fraction of sp³-hybridized carbons (Fsp3) is 0.176. The Morgan fingerprint density at radius 2 is 1.84 bits per heavy atom. The highest BCUT2D eigenvalue weighted by atomic mass is 19.4. The summed E-state index contributed by atoms with van der Waals surface area (Å²) in [7, 11) is 0. The van der Waals surface area contributed by atoms with Gasteiger partial charge in [0.25, 0.3) is 0 Å². The first-order valence-corrected chi connectivity index (χ1v) is 7.25. The molecule has 2 aromatic rings. The molecule has 0 unspecified atom stereocenters. The first-order chi connectivity index (χ1) is 11.8. The quantitative estimate of drug-likeness (QED) is 0.785. The van der Waals surface area contributed by atoms with Crippen LogP contribution in [-0.2, 0) is 16.0 Å². The number of amides is 2. The third kappa shape index (κ3) is 6.94. The van der Waals surface area contributed by atoms with Gasteiger partial charge in [0.1, 0.15) is 6.54 Å². The maximum Gasteiger partial charge on any atom is 0.405 e. The highest BCUT2D eigenvalue weighted by Crippen LogP contribution is 2.13. The number of hydrogen-bond donors (Lipinski definition) is 2. The SMILES string of the molecule is O=C(/C=C/c1ccoc1)Nc1ccc(CC(=O)NCC(F)(F)F)cc1. The lowest BCUT2D eigenvalue weighted by Gasteiger charge is -2.08. The van der Waals surface area contributed by atoms with Gasteiger partial charge in [0, 0.05) is 17.3 Å². The number of benzene rings is 1. The summed E-state index contributed by atoms with van der Waals surface area (Å²) in [6.07, 6.45) is 1.28. The zero-order valence-corrected chi connectivity index (χ0v) is 13.0. The molecule has 0 bridgehead atoms. The number of carbonyl (C=O) groups is 2. The van der Waals surface area contributed by atoms with Crippen LogP contribution >= 0.6 is 0 Å². The fourth-order valence-electron chi connectivity index (χ4n) is 1.88. The molecule has 132 valence electrons. The predicted molar refractivity (Wildman–Crippen MR) is 85.6 cm³/mol. The van der Waals surface area contributed by atoms with Crippen LogP contribution in [0.5, 0.6) is 0 Å². The molecule has 5 nitrogen and oxygen atoms in total. The van der Waals surface area contributed by atoms with Gasteiger partial charge in [-0.05, 0) is 29.8 Å². The van der Waals surface area contributed by atoms with Crippen LogP contribution < -0.4 is 10.6 Å². The van der Waals surface area contributed by atoms with Crippen molar-refractivity contribution < 1.29 is 27.2 Å². The van der Waals surface area contributed by atoms with E-state index in [-0.39, 0.29) is 12.3 Å². The summed E-state index contributed by atoms with van der Waals surface area (Å²) in [6.45, 7) is -1.36. The molecule has 1 aromatic heterocycles. The molecule has 1 aromatic carbocycles.